The lowest BCUT2D eigenvalue weighted by Gasteiger charge is -2.30. The molecule has 0 N–H and O–H groups in total. The van der Waals surface area contributed by atoms with E-state index in [0.717, 1.165) is 17.7 Å². The molecule has 2 aromatic rings. The normalized spacial score (nSPS) is 16.4. The first-order valence-corrected chi connectivity index (χ1v) is 10.4. The molecule has 0 unspecified atom stereocenters. The molecule has 7 heteroatoms. The van der Waals surface area contributed by atoms with Crippen molar-refractivity contribution in [2.45, 2.75) is 26.3 Å². The van der Waals surface area contributed by atoms with Gasteiger partial charge in [0, 0.05) is 13.1 Å². The van der Waals surface area contributed by atoms with Crippen molar-refractivity contribution in [1.29, 1.82) is 0 Å². The Bertz CT molecular complexity index is 1000. The van der Waals surface area contributed by atoms with Crippen molar-refractivity contribution < 1.29 is 23.9 Å². The smallest absolute Gasteiger partial charge is 0.338 e. The average molecular weight is 420 g/mol. The van der Waals surface area contributed by atoms with Crippen LogP contribution in [0, 0.1) is 5.92 Å². The third-order valence-electron chi connectivity index (χ3n) is 5.84. The second kappa shape index (κ2) is 8.71. The summed E-state index contributed by atoms with van der Waals surface area (Å²) in [5.41, 5.74) is 1.66. The minimum Gasteiger partial charge on any atom is -0.452 e. The zero-order valence-corrected chi connectivity index (χ0v) is 17.4. The number of hydrogen-bond acceptors (Lipinski definition) is 5. The van der Waals surface area contributed by atoms with Crippen LogP contribution >= 0.6 is 0 Å². The van der Waals surface area contributed by atoms with Crippen molar-refractivity contribution in [2.75, 3.05) is 19.7 Å². The molecule has 0 spiro atoms. The number of benzene rings is 2. The molecule has 2 aromatic carbocycles. The molecular weight excluding hydrogens is 396 g/mol. The molecule has 2 aliphatic rings. The van der Waals surface area contributed by atoms with Crippen LogP contribution in [0.25, 0.3) is 0 Å². The molecule has 31 heavy (non-hydrogen) atoms. The largest absolute Gasteiger partial charge is 0.452 e. The van der Waals surface area contributed by atoms with Crippen LogP contribution in [0.15, 0.2) is 48.5 Å². The summed E-state index contributed by atoms with van der Waals surface area (Å²) in [7, 11) is 0. The van der Waals surface area contributed by atoms with Crippen LogP contribution in [0.4, 0.5) is 0 Å². The van der Waals surface area contributed by atoms with Gasteiger partial charge in [-0.25, -0.2) is 4.79 Å². The molecule has 2 aliphatic heterocycles. The van der Waals surface area contributed by atoms with Gasteiger partial charge in [-0.05, 0) is 48.6 Å². The maximum atomic E-state index is 12.5. The lowest BCUT2D eigenvalue weighted by molar-refractivity contribution is -0.135. The van der Waals surface area contributed by atoms with Crippen molar-refractivity contribution >= 4 is 23.7 Å². The number of fused-ring (bicyclic) bond motifs is 1. The fraction of sp³-hybridized carbons (Fsp3) is 0.333. The van der Waals surface area contributed by atoms with Gasteiger partial charge in [0.15, 0.2) is 6.61 Å². The number of imide groups is 1. The lowest BCUT2D eigenvalue weighted by atomic mass is 9.99. The van der Waals surface area contributed by atoms with E-state index in [1.807, 2.05) is 0 Å². The molecule has 0 saturated carbocycles. The van der Waals surface area contributed by atoms with Crippen LogP contribution in [0.3, 0.4) is 0 Å². The van der Waals surface area contributed by atoms with Crippen molar-refractivity contribution in [2.24, 2.45) is 5.92 Å². The van der Waals surface area contributed by atoms with E-state index >= 15 is 0 Å². The van der Waals surface area contributed by atoms with Gasteiger partial charge in [0.25, 0.3) is 17.7 Å². The Morgan fingerprint density at radius 3 is 2.26 bits per heavy atom. The molecule has 2 heterocycles. The Balaban J connectivity index is 1.37. The first-order valence-electron chi connectivity index (χ1n) is 10.4. The molecule has 4 rings (SSSR count). The fourth-order valence-corrected chi connectivity index (χ4v) is 3.92. The molecule has 0 aliphatic carbocycles. The highest BCUT2D eigenvalue weighted by Crippen LogP contribution is 2.24. The third-order valence-corrected chi connectivity index (χ3v) is 5.84. The number of amides is 3. The first kappa shape index (κ1) is 20.8. The zero-order chi connectivity index (χ0) is 22.0. The quantitative estimate of drug-likeness (QED) is 0.549. The van der Waals surface area contributed by atoms with E-state index in [1.165, 1.54) is 0 Å². The van der Waals surface area contributed by atoms with Crippen LogP contribution in [-0.2, 0) is 16.1 Å². The van der Waals surface area contributed by atoms with E-state index in [9.17, 15) is 19.2 Å². The predicted octanol–water partition coefficient (Wildman–Crippen LogP) is 2.90. The summed E-state index contributed by atoms with van der Waals surface area (Å²) in [6.45, 7) is 3.30. The fourth-order valence-electron chi connectivity index (χ4n) is 3.92. The van der Waals surface area contributed by atoms with Crippen molar-refractivity contribution in [1.82, 2.24) is 9.80 Å². The van der Waals surface area contributed by atoms with Crippen LogP contribution in [0.1, 0.15) is 56.4 Å². The minimum atomic E-state index is -0.608. The molecule has 7 nitrogen and oxygen atoms in total. The monoisotopic (exact) mass is 420 g/mol. The van der Waals surface area contributed by atoms with Crippen LogP contribution in [0.5, 0.6) is 0 Å². The van der Waals surface area contributed by atoms with E-state index in [0.29, 0.717) is 35.7 Å². The number of ether oxygens (including phenoxy) is 1. The maximum absolute atomic E-state index is 12.5. The maximum Gasteiger partial charge on any atom is 0.338 e. The Labute approximate surface area is 180 Å². The first-order chi connectivity index (χ1) is 14.9. The summed E-state index contributed by atoms with van der Waals surface area (Å²) in [6.07, 6.45) is 1.92. The Morgan fingerprint density at radius 2 is 1.61 bits per heavy atom. The van der Waals surface area contributed by atoms with E-state index in [-0.39, 0.29) is 36.4 Å². The van der Waals surface area contributed by atoms with Gasteiger partial charge in [0.2, 0.25) is 0 Å². The molecule has 0 bridgehead atoms. The molecule has 160 valence electrons. The van der Waals surface area contributed by atoms with Gasteiger partial charge >= 0.3 is 5.97 Å². The van der Waals surface area contributed by atoms with E-state index in [4.69, 9.17) is 4.74 Å². The van der Waals surface area contributed by atoms with Crippen molar-refractivity contribution in [3.63, 3.8) is 0 Å². The van der Waals surface area contributed by atoms with Gasteiger partial charge in [-0.2, -0.15) is 0 Å². The number of hydrogen-bond donors (Lipinski definition) is 0. The van der Waals surface area contributed by atoms with Crippen LogP contribution in [0.2, 0.25) is 0 Å². The van der Waals surface area contributed by atoms with Crippen molar-refractivity contribution in [3.05, 3.63) is 70.8 Å². The van der Waals surface area contributed by atoms with Gasteiger partial charge in [0.05, 0.1) is 23.2 Å². The second-order valence-corrected chi connectivity index (χ2v) is 8.08. The lowest BCUT2D eigenvalue weighted by Crippen LogP contribution is -2.40. The van der Waals surface area contributed by atoms with Crippen LogP contribution in [-0.4, -0.2) is 53.2 Å². The predicted molar refractivity (Wildman–Crippen MR) is 112 cm³/mol. The number of likely N-dealkylation sites (tertiary alicyclic amines) is 1. The number of carbonyl (C=O) groups excluding carboxylic acids is 4. The molecule has 1 saturated heterocycles. The van der Waals surface area contributed by atoms with Crippen LogP contribution < -0.4 is 0 Å². The number of nitrogens with zero attached hydrogens (tertiary/aromatic N) is 2. The highest BCUT2D eigenvalue weighted by atomic mass is 16.5. The number of carbonyl (C=O) groups is 4. The number of piperidine rings is 1. The summed E-state index contributed by atoms with van der Waals surface area (Å²) < 4.78 is 5.21. The molecule has 0 aromatic heterocycles. The molecular formula is C24H24N2O5. The van der Waals surface area contributed by atoms with Gasteiger partial charge in [-0.3, -0.25) is 19.3 Å². The molecule has 3 amide bonds. The molecule has 1 fully saturated rings. The second-order valence-electron chi connectivity index (χ2n) is 8.08. The summed E-state index contributed by atoms with van der Waals surface area (Å²) in [5.74, 6) is -0.896. The third kappa shape index (κ3) is 4.35. The van der Waals surface area contributed by atoms with Gasteiger partial charge < -0.3 is 9.64 Å². The molecule has 0 radical (unpaired) electrons. The summed E-state index contributed by atoms with van der Waals surface area (Å²) >= 11 is 0. The van der Waals surface area contributed by atoms with E-state index < -0.39 is 5.97 Å². The Hall–Kier alpha value is -3.48. The van der Waals surface area contributed by atoms with Gasteiger partial charge in [0.1, 0.15) is 0 Å². The summed E-state index contributed by atoms with van der Waals surface area (Å²) in [4.78, 5) is 52.7. The Kier molecular flexibility index (Phi) is 5.84. The zero-order valence-electron chi connectivity index (χ0n) is 17.4. The van der Waals surface area contributed by atoms with Gasteiger partial charge in [-0.1, -0.05) is 31.2 Å². The standard InChI is InChI=1S/C24H24N2O5/c1-16-9-11-25(12-10-16)21(27)15-31-24(30)18-6-4-5-17(13-18)14-26-22(28)19-7-2-3-8-20(19)23(26)29/h2-8,13,16H,9-12,14-15H2,1H3. The highest BCUT2D eigenvalue weighted by molar-refractivity contribution is 6.21. The average Bonchev–Trinajstić information content (AvgIpc) is 3.03. The molecule has 0 atom stereocenters. The minimum absolute atomic E-state index is 0.0539. The van der Waals surface area contributed by atoms with E-state index in [1.54, 1.807) is 53.4 Å². The summed E-state index contributed by atoms with van der Waals surface area (Å²) in [5, 5.41) is 0. The van der Waals surface area contributed by atoms with Gasteiger partial charge in [-0.15, -0.1) is 0 Å². The van der Waals surface area contributed by atoms with Crippen molar-refractivity contribution in [3.8, 4) is 0 Å². The number of rotatable bonds is 5. The van der Waals surface area contributed by atoms with E-state index in [2.05, 4.69) is 6.92 Å². The topological polar surface area (TPSA) is 84.0 Å². The number of esters is 1. The SMILES string of the molecule is CC1CCN(C(=O)COC(=O)c2cccc(CN3C(=O)c4ccccc4C3=O)c2)CC1. The Morgan fingerprint density at radius 1 is 0.968 bits per heavy atom. The summed E-state index contributed by atoms with van der Waals surface area (Å²) in [6, 6.07) is 13.3. The highest BCUT2D eigenvalue weighted by Gasteiger charge is 2.35.